The van der Waals surface area contributed by atoms with Crippen molar-refractivity contribution in [2.24, 2.45) is 5.92 Å². The van der Waals surface area contributed by atoms with Crippen LogP contribution in [-0.2, 0) is 11.2 Å². The molecule has 23 heavy (non-hydrogen) atoms. The number of hydrogen-bond acceptors (Lipinski definition) is 3. The van der Waals surface area contributed by atoms with Crippen molar-refractivity contribution in [2.75, 3.05) is 16.8 Å². The van der Waals surface area contributed by atoms with Crippen LogP contribution in [0, 0.1) is 5.92 Å². The molecule has 0 unspecified atom stereocenters. The summed E-state index contributed by atoms with van der Waals surface area (Å²) >= 11 is 7.12. The molecule has 0 radical (unpaired) electrons. The Kier molecular flexibility index (Phi) is 3.62. The number of hydrogen-bond donors (Lipinski definition) is 1. The van der Waals surface area contributed by atoms with Crippen molar-refractivity contribution in [1.82, 2.24) is 0 Å². The Morgan fingerprint density at radius 2 is 2.04 bits per heavy atom. The number of anilines is 2. The largest absolute Gasteiger partial charge is 0.321 e. The van der Waals surface area contributed by atoms with Gasteiger partial charge in [-0.15, -0.1) is 11.3 Å². The number of carbonyl (C=O) groups is 2. The molecular weight excluding hydrogens is 332 g/mol. The molecule has 0 saturated heterocycles. The lowest BCUT2D eigenvalue weighted by atomic mass is 10.1. The normalized spacial score (nSPS) is 16.3. The first-order chi connectivity index (χ1) is 11.1. The Morgan fingerprint density at radius 1 is 1.22 bits per heavy atom. The van der Waals surface area contributed by atoms with Crippen molar-refractivity contribution in [3.63, 3.8) is 0 Å². The first-order valence-corrected chi connectivity index (χ1v) is 8.82. The third-order valence-corrected chi connectivity index (χ3v) is 5.46. The van der Waals surface area contributed by atoms with Crippen molar-refractivity contribution in [2.45, 2.75) is 19.3 Å². The van der Waals surface area contributed by atoms with Gasteiger partial charge in [0.05, 0.1) is 9.21 Å². The van der Waals surface area contributed by atoms with Crippen molar-refractivity contribution >= 4 is 46.1 Å². The van der Waals surface area contributed by atoms with Crippen molar-refractivity contribution in [3.8, 4) is 0 Å². The lowest BCUT2D eigenvalue weighted by Crippen LogP contribution is -2.30. The summed E-state index contributed by atoms with van der Waals surface area (Å²) in [6, 6.07) is 9.19. The molecule has 1 aromatic heterocycles. The zero-order valence-electron chi connectivity index (χ0n) is 12.3. The van der Waals surface area contributed by atoms with Crippen LogP contribution >= 0.6 is 22.9 Å². The zero-order valence-corrected chi connectivity index (χ0v) is 13.9. The minimum Gasteiger partial charge on any atom is -0.321 e. The van der Waals surface area contributed by atoms with E-state index in [9.17, 15) is 9.59 Å². The minimum absolute atomic E-state index is 0.181. The molecule has 0 spiro atoms. The summed E-state index contributed by atoms with van der Waals surface area (Å²) in [6.45, 7) is 0.739. The number of carbonyl (C=O) groups excluding carboxylic acids is 2. The second-order valence-electron chi connectivity index (χ2n) is 5.92. The fourth-order valence-corrected chi connectivity index (χ4v) is 3.80. The second kappa shape index (κ2) is 5.65. The molecule has 1 aliphatic carbocycles. The number of benzene rings is 1. The van der Waals surface area contributed by atoms with Crippen LogP contribution in [0.4, 0.5) is 11.4 Å². The van der Waals surface area contributed by atoms with E-state index in [0.29, 0.717) is 14.9 Å². The molecule has 1 N–H and O–H groups in total. The molecule has 2 aromatic rings. The first-order valence-electron chi connectivity index (χ1n) is 7.63. The number of halogens is 1. The highest BCUT2D eigenvalue weighted by molar-refractivity contribution is 7.18. The quantitative estimate of drug-likeness (QED) is 0.914. The van der Waals surface area contributed by atoms with E-state index in [1.165, 1.54) is 11.3 Å². The van der Waals surface area contributed by atoms with Crippen LogP contribution in [0.15, 0.2) is 30.3 Å². The van der Waals surface area contributed by atoms with Crippen molar-refractivity contribution in [3.05, 3.63) is 45.1 Å². The standard InChI is InChI=1S/C17H15ClN2O2S/c18-15-6-5-14(23-15)16(21)19-12-4-3-10-7-8-20(13(10)9-12)17(22)11-1-2-11/h3-6,9,11H,1-2,7-8H2,(H,19,21). The summed E-state index contributed by atoms with van der Waals surface area (Å²) in [5, 5.41) is 2.88. The van der Waals surface area contributed by atoms with E-state index < -0.39 is 0 Å². The van der Waals surface area contributed by atoms with E-state index in [0.717, 1.165) is 37.1 Å². The van der Waals surface area contributed by atoms with Gasteiger partial charge in [-0.3, -0.25) is 9.59 Å². The highest BCUT2D eigenvalue weighted by Gasteiger charge is 2.36. The van der Waals surface area contributed by atoms with Gasteiger partial charge >= 0.3 is 0 Å². The summed E-state index contributed by atoms with van der Waals surface area (Å²) in [7, 11) is 0. The highest BCUT2D eigenvalue weighted by atomic mass is 35.5. The number of fused-ring (bicyclic) bond motifs is 1. The molecule has 0 atom stereocenters. The molecule has 2 heterocycles. The predicted octanol–water partition coefficient (Wildman–Crippen LogP) is 3.95. The number of rotatable bonds is 3. The lowest BCUT2D eigenvalue weighted by Gasteiger charge is -2.18. The van der Waals surface area contributed by atoms with Crippen molar-refractivity contribution in [1.29, 1.82) is 0 Å². The van der Waals surface area contributed by atoms with Gasteiger partial charge in [0.15, 0.2) is 0 Å². The third kappa shape index (κ3) is 2.86. The number of thiophene rings is 1. The molecule has 1 aromatic carbocycles. The molecule has 118 valence electrons. The smallest absolute Gasteiger partial charge is 0.265 e. The molecule has 1 saturated carbocycles. The molecule has 4 nitrogen and oxygen atoms in total. The van der Waals surface area contributed by atoms with Gasteiger partial charge in [-0.1, -0.05) is 17.7 Å². The molecule has 1 fully saturated rings. The van der Waals surface area contributed by atoms with Gasteiger partial charge < -0.3 is 10.2 Å². The van der Waals surface area contributed by atoms with Crippen LogP contribution in [0.3, 0.4) is 0 Å². The summed E-state index contributed by atoms with van der Waals surface area (Å²) in [5.41, 5.74) is 2.80. The van der Waals surface area contributed by atoms with Gasteiger partial charge in [0.1, 0.15) is 0 Å². The molecule has 2 aliphatic rings. The number of nitrogens with zero attached hydrogens (tertiary/aromatic N) is 1. The highest BCUT2D eigenvalue weighted by Crippen LogP contribution is 2.37. The Labute approximate surface area is 143 Å². The maximum atomic E-state index is 12.4. The number of nitrogens with one attached hydrogen (secondary N) is 1. The van der Waals surface area contributed by atoms with Gasteiger partial charge in [-0.05, 0) is 49.1 Å². The van der Waals surface area contributed by atoms with Crippen molar-refractivity contribution < 1.29 is 9.59 Å². The lowest BCUT2D eigenvalue weighted by molar-refractivity contribution is -0.119. The Hall–Kier alpha value is -1.85. The van der Waals surface area contributed by atoms with Gasteiger partial charge in [0, 0.05) is 23.8 Å². The fourth-order valence-electron chi connectivity index (χ4n) is 2.87. The SMILES string of the molecule is O=C(Nc1ccc2c(c1)N(C(=O)C1CC1)CC2)c1ccc(Cl)s1. The van der Waals surface area contributed by atoms with E-state index in [2.05, 4.69) is 5.32 Å². The average molecular weight is 347 g/mol. The molecule has 0 bridgehead atoms. The van der Waals surface area contributed by atoms with E-state index in [1.54, 1.807) is 12.1 Å². The maximum absolute atomic E-state index is 12.4. The molecule has 2 amide bonds. The molecular formula is C17H15ClN2O2S. The summed E-state index contributed by atoms with van der Waals surface area (Å²) in [5.74, 6) is 0.240. The fraction of sp³-hybridized carbons (Fsp3) is 0.294. The topological polar surface area (TPSA) is 49.4 Å². The predicted molar refractivity (Wildman–Crippen MR) is 92.5 cm³/mol. The van der Waals surface area contributed by atoms with E-state index >= 15 is 0 Å². The van der Waals surface area contributed by atoms with Crippen LogP contribution in [0.1, 0.15) is 28.1 Å². The molecule has 4 rings (SSSR count). The Bertz CT molecular complexity index is 798. The Morgan fingerprint density at radius 3 is 2.74 bits per heavy atom. The summed E-state index contributed by atoms with van der Waals surface area (Å²) < 4.78 is 0.588. The third-order valence-electron chi connectivity index (χ3n) is 4.23. The van der Waals surface area contributed by atoms with E-state index in [4.69, 9.17) is 11.6 Å². The zero-order chi connectivity index (χ0) is 16.0. The molecule has 6 heteroatoms. The Balaban J connectivity index is 1.55. The minimum atomic E-state index is -0.181. The van der Waals surface area contributed by atoms with Gasteiger partial charge in [0.25, 0.3) is 5.91 Å². The van der Waals surface area contributed by atoms with Crippen LogP contribution in [0.25, 0.3) is 0 Å². The van der Waals surface area contributed by atoms with Gasteiger partial charge in [0.2, 0.25) is 5.91 Å². The van der Waals surface area contributed by atoms with E-state index in [-0.39, 0.29) is 17.7 Å². The van der Waals surface area contributed by atoms with Gasteiger partial charge in [-0.25, -0.2) is 0 Å². The average Bonchev–Trinajstić information content (AvgIpc) is 3.17. The number of amides is 2. The monoisotopic (exact) mass is 346 g/mol. The maximum Gasteiger partial charge on any atom is 0.265 e. The van der Waals surface area contributed by atoms with E-state index in [1.807, 2.05) is 23.1 Å². The van der Waals surface area contributed by atoms with Crippen LogP contribution in [0.2, 0.25) is 4.34 Å². The van der Waals surface area contributed by atoms with Gasteiger partial charge in [-0.2, -0.15) is 0 Å². The van der Waals surface area contributed by atoms with Crippen LogP contribution < -0.4 is 10.2 Å². The first kappa shape index (κ1) is 14.7. The summed E-state index contributed by atoms with van der Waals surface area (Å²) in [4.78, 5) is 27.0. The summed E-state index contributed by atoms with van der Waals surface area (Å²) in [6.07, 6.45) is 2.88. The van der Waals surface area contributed by atoms with Crippen LogP contribution in [0.5, 0.6) is 0 Å². The van der Waals surface area contributed by atoms with Crippen LogP contribution in [-0.4, -0.2) is 18.4 Å². The second-order valence-corrected chi connectivity index (χ2v) is 7.63. The molecule has 1 aliphatic heterocycles.